The lowest BCUT2D eigenvalue weighted by Gasteiger charge is -2.21. The Bertz CT molecular complexity index is 391. The fraction of sp³-hybridized carbons (Fsp3) is 0.647. The molecule has 1 aliphatic heterocycles. The van der Waals surface area contributed by atoms with E-state index in [4.69, 9.17) is 0 Å². The summed E-state index contributed by atoms with van der Waals surface area (Å²) in [4.78, 5) is 0. The van der Waals surface area contributed by atoms with Gasteiger partial charge in [0.05, 0.1) is 0 Å². The fourth-order valence-corrected chi connectivity index (χ4v) is 4.16. The highest BCUT2D eigenvalue weighted by Crippen LogP contribution is 2.28. The lowest BCUT2D eigenvalue weighted by atomic mass is 9.85. The van der Waals surface area contributed by atoms with E-state index in [1.165, 1.54) is 29.1 Å². The predicted molar refractivity (Wildman–Crippen MR) is 87.1 cm³/mol. The van der Waals surface area contributed by atoms with Gasteiger partial charge in [0.15, 0.2) is 0 Å². The predicted octanol–water partition coefficient (Wildman–Crippen LogP) is 3.87. The Morgan fingerprint density at radius 3 is 2.42 bits per heavy atom. The summed E-state index contributed by atoms with van der Waals surface area (Å²) in [5.41, 5.74) is 3.18. The van der Waals surface area contributed by atoms with E-state index in [0.29, 0.717) is 6.04 Å². The Labute approximate surface area is 122 Å². The van der Waals surface area contributed by atoms with Crippen LogP contribution in [0.25, 0.3) is 0 Å². The first-order valence-corrected chi connectivity index (χ1v) is 8.56. The highest BCUT2D eigenvalue weighted by Gasteiger charge is 2.27. The third-order valence-electron chi connectivity index (χ3n) is 3.98. The number of thioether (sulfide) groups is 1. The molecule has 1 fully saturated rings. The average Bonchev–Trinajstić information content (AvgIpc) is 2.77. The third kappa shape index (κ3) is 4.00. The summed E-state index contributed by atoms with van der Waals surface area (Å²) in [5.74, 6) is 3.38. The van der Waals surface area contributed by atoms with E-state index < -0.39 is 0 Å². The van der Waals surface area contributed by atoms with E-state index in [1.54, 1.807) is 0 Å². The molecule has 0 radical (unpaired) electrons. The van der Waals surface area contributed by atoms with Gasteiger partial charge in [0, 0.05) is 11.8 Å². The maximum absolute atomic E-state index is 3.63. The van der Waals surface area contributed by atoms with Crippen molar-refractivity contribution in [2.24, 2.45) is 5.92 Å². The van der Waals surface area contributed by atoms with E-state index in [-0.39, 0.29) is 5.41 Å². The molecule has 0 aliphatic carbocycles. The molecule has 1 aliphatic rings. The molecule has 1 nitrogen and oxygen atoms in total. The summed E-state index contributed by atoms with van der Waals surface area (Å²) >= 11 is 2.09. The maximum atomic E-state index is 3.63. The van der Waals surface area contributed by atoms with Gasteiger partial charge in [0.25, 0.3) is 0 Å². The molecule has 1 aromatic carbocycles. The zero-order valence-electron chi connectivity index (χ0n) is 12.7. The van der Waals surface area contributed by atoms with E-state index >= 15 is 0 Å². The van der Waals surface area contributed by atoms with Gasteiger partial charge in [-0.15, -0.1) is 0 Å². The van der Waals surface area contributed by atoms with Crippen molar-refractivity contribution >= 4 is 11.8 Å². The summed E-state index contributed by atoms with van der Waals surface area (Å²) in [6, 6.07) is 9.97. The van der Waals surface area contributed by atoms with Crippen molar-refractivity contribution in [3.05, 3.63) is 35.4 Å². The van der Waals surface area contributed by atoms with Crippen LogP contribution in [-0.2, 0) is 11.8 Å². The number of hydrogen-bond donors (Lipinski definition) is 1. The topological polar surface area (TPSA) is 12.0 Å². The summed E-state index contributed by atoms with van der Waals surface area (Å²) in [6.07, 6.45) is 1.22. The van der Waals surface area contributed by atoms with Crippen molar-refractivity contribution in [1.82, 2.24) is 5.32 Å². The van der Waals surface area contributed by atoms with Gasteiger partial charge in [0.2, 0.25) is 0 Å². The van der Waals surface area contributed by atoms with Crippen LogP contribution in [0.1, 0.15) is 38.8 Å². The van der Waals surface area contributed by atoms with E-state index in [2.05, 4.69) is 69.0 Å². The van der Waals surface area contributed by atoms with Crippen LogP contribution in [0, 0.1) is 5.92 Å². The second-order valence-corrected chi connectivity index (χ2v) is 7.69. The van der Waals surface area contributed by atoms with E-state index in [0.717, 1.165) is 12.5 Å². The molecule has 106 valence electrons. The first-order valence-electron chi connectivity index (χ1n) is 7.41. The minimum absolute atomic E-state index is 0.258. The molecule has 0 amide bonds. The third-order valence-corrected chi connectivity index (χ3v) is 5.24. The standard InChI is InChI=1S/C17H27NS/c1-5-18-16-12-19-11-14(16)10-13-6-8-15(9-7-13)17(2,3)4/h6-9,14,16,18H,5,10-12H2,1-4H3. The fourth-order valence-electron chi connectivity index (χ4n) is 2.73. The SMILES string of the molecule is CCNC1CSCC1Cc1ccc(C(C)(C)C)cc1. The Balaban J connectivity index is 1.99. The minimum atomic E-state index is 0.258. The van der Waals surface area contributed by atoms with Crippen LogP contribution in [-0.4, -0.2) is 24.1 Å². The smallest absolute Gasteiger partial charge is 0.0197 e. The Morgan fingerprint density at radius 2 is 1.84 bits per heavy atom. The highest BCUT2D eigenvalue weighted by atomic mass is 32.2. The molecule has 1 aromatic rings. The second-order valence-electron chi connectivity index (χ2n) is 6.61. The Hall–Kier alpha value is -0.470. The van der Waals surface area contributed by atoms with Gasteiger partial charge in [-0.25, -0.2) is 0 Å². The second kappa shape index (κ2) is 6.32. The number of hydrogen-bond acceptors (Lipinski definition) is 2. The Kier molecular flexibility index (Phi) is 4.97. The van der Waals surface area contributed by atoms with Crippen molar-refractivity contribution < 1.29 is 0 Å². The number of rotatable bonds is 4. The van der Waals surface area contributed by atoms with Crippen LogP contribution >= 0.6 is 11.8 Å². The molecule has 0 aromatic heterocycles. The summed E-state index contributed by atoms with van der Waals surface area (Å²) < 4.78 is 0. The molecule has 2 unspecified atom stereocenters. The minimum Gasteiger partial charge on any atom is -0.313 e. The van der Waals surface area contributed by atoms with Crippen LogP contribution in [0.4, 0.5) is 0 Å². The molecule has 1 N–H and O–H groups in total. The van der Waals surface area contributed by atoms with Crippen molar-refractivity contribution in [1.29, 1.82) is 0 Å². The summed E-state index contributed by atoms with van der Waals surface area (Å²) in [6.45, 7) is 10.1. The van der Waals surface area contributed by atoms with Crippen LogP contribution < -0.4 is 5.32 Å². The average molecular weight is 277 g/mol. The summed E-state index contributed by atoms with van der Waals surface area (Å²) in [5, 5.41) is 3.63. The molecule has 2 heteroatoms. The molecule has 2 rings (SSSR count). The largest absolute Gasteiger partial charge is 0.313 e. The van der Waals surface area contributed by atoms with Crippen LogP contribution in [0.2, 0.25) is 0 Å². The summed E-state index contributed by atoms with van der Waals surface area (Å²) in [7, 11) is 0. The maximum Gasteiger partial charge on any atom is 0.0197 e. The molecule has 1 heterocycles. The molecular formula is C17H27NS. The quantitative estimate of drug-likeness (QED) is 0.896. The van der Waals surface area contributed by atoms with Gasteiger partial charge in [-0.05, 0) is 41.2 Å². The van der Waals surface area contributed by atoms with Gasteiger partial charge in [0.1, 0.15) is 0 Å². The lowest BCUT2D eigenvalue weighted by Crippen LogP contribution is -2.36. The zero-order chi connectivity index (χ0) is 13.9. The molecule has 2 atom stereocenters. The first-order chi connectivity index (χ1) is 9.00. The zero-order valence-corrected chi connectivity index (χ0v) is 13.5. The normalized spacial score (nSPS) is 23.8. The van der Waals surface area contributed by atoms with Gasteiger partial charge in [-0.1, -0.05) is 52.0 Å². The van der Waals surface area contributed by atoms with Crippen molar-refractivity contribution in [3.63, 3.8) is 0 Å². The monoisotopic (exact) mass is 277 g/mol. The van der Waals surface area contributed by atoms with Gasteiger partial charge in [-0.3, -0.25) is 0 Å². The molecule has 0 bridgehead atoms. The Morgan fingerprint density at radius 1 is 1.16 bits per heavy atom. The van der Waals surface area contributed by atoms with Gasteiger partial charge >= 0.3 is 0 Å². The first kappa shape index (κ1) is 14.9. The van der Waals surface area contributed by atoms with Gasteiger partial charge < -0.3 is 5.32 Å². The van der Waals surface area contributed by atoms with Crippen molar-refractivity contribution in [3.8, 4) is 0 Å². The lowest BCUT2D eigenvalue weighted by molar-refractivity contribution is 0.434. The number of nitrogens with one attached hydrogen (secondary N) is 1. The molecule has 0 saturated carbocycles. The van der Waals surface area contributed by atoms with Crippen LogP contribution in [0.15, 0.2) is 24.3 Å². The van der Waals surface area contributed by atoms with Crippen molar-refractivity contribution in [2.45, 2.75) is 45.6 Å². The van der Waals surface area contributed by atoms with Crippen molar-refractivity contribution in [2.75, 3.05) is 18.1 Å². The number of benzene rings is 1. The molecule has 0 spiro atoms. The molecule has 1 saturated heterocycles. The van der Waals surface area contributed by atoms with E-state index in [1.807, 2.05) is 0 Å². The van der Waals surface area contributed by atoms with Gasteiger partial charge in [-0.2, -0.15) is 11.8 Å². The molecule has 19 heavy (non-hydrogen) atoms. The van der Waals surface area contributed by atoms with Crippen LogP contribution in [0.3, 0.4) is 0 Å². The van der Waals surface area contributed by atoms with Crippen LogP contribution in [0.5, 0.6) is 0 Å². The highest BCUT2D eigenvalue weighted by molar-refractivity contribution is 7.99. The van der Waals surface area contributed by atoms with E-state index in [9.17, 15) is 0 Å². The molecular weight excluding hydrogens is 250 g/mol.